The Kier molecular flexibility index (Phi) is 3.59. The molecule has 19 heavy (non-hydrogen) atoms. The van der Waals surface area contributed by atoms with E-state index in [9.17, 15) is 13.2 Å². The number of benzene rings is 1. The molecule has 1 aromatic heterocycles. The lowest BCUT2D eigenvalue weighted by atomic mass is 10.2. The van der Waals surface area contributed by atoms with E-state index >= 15 is 0 Å². The minimum atomic E-state index is -4.34. The van der Waals surface area contributed by atoms with Crippen molar-refractivity contribution in [3.8, 4) is 5.75 Å². The molecule has 2 aromatic rings. The number of hydrogen-bond donors (Lipinski definition) is 1. The molecule has 1 aromatic carbocycles. The van der Waals surface area contributed by atoms with Crippen LogP contribution in [0, 0.1) is 0 Å². The molecule has 0 amide bonds. The molecule has 0 aliphatic carbocycles. The summed E-state index contributed by atoms with van der Waals surface area (Å²) in [4.78, 5) is 3.83. The smallest absolute Gasteiger partial charge is 0.416 e. The van der Waals surface area contributed by atoms with Crippen LogP contribution in [0.4, 0.5) is 19.0 Å². The van der Waals surface area contributed by atoms with Gasteiger partial charge in [-0.15, -0.1) is 0 Å². The molecule has 100 valence electrons. The van der Waals surface area contributed by atoms with Crippen molar-refractivity contribution in [2.24, 2.45) is 0 Å². The summed E-state index contributed by atoms with van der Waals surface area (Å²) >= 11 is 0. The van der Waals surface area contributed by atoms with Crippen molar-refractivity contribution in [3.63, 3.8) is 0 Å². The predicted octanol–water partition coefficient (Wildman–Crippen LogP) is 3.26. The Morgan fingerprint density at radius 3 is 2.37 bits per heavy atom. The highest BCUT2D eigenvalue weighted by atomic mass is 19.4. The van der Waals surface area contributed by atoms with Gasteiger partial charge in [0.15, 0.2) is 0 Å². The summed E-state index contributed by atoms with van der Waals surface area (Å²) in [6.07, 6.45) is -2.79. The standard InChI is InChI=1S/C13H11F3N2O/c14-13(15,16)10-1-3-11(4-2-10)19-8-9-5-6-18-12(17)7-9/h1-7H,8H2,(H2,17,18). The average molecular weight is 268 g/mol. The van der Waals surface area contributed by atoms with Crippen LogP contribution in [-0.2, 0) is 12.8 Å². The third-order valence-corrected chi connectivity index (χ3v) is 2.43. The molecule has 0 atom stereocenters. The fraction of sp³-hybridized carbons (Fsp3) is 0.154. The number of alkyl halides is 3. The van der Waals surface area contributed by atoms with Crippen molar-refractivity contribution < 1.29 is 17.9 Å². The highest BCUT2D eigenvalue weighted by molar-refractivity contribution is 5.32. The van der Waals surface area contributed by atoms with Crippen molar-refractivity contribution in [2.75, 3.05) is 5.73 Å². The summed E-state index contributed by atoms with van der Waals surface area (Å²) in [5.74, 6) is 0.733. The molecular formula is C13H11F3N2O. The highest BCUT2D eigenvalue weighted by Gasteiger charge is 2.29. The molecule has 0 saturated heterocycles. The normalized spacial score (nSPS) is 11.3. The molecule has 1 heterocycles. The van der Waals surface area contributed by atoms with E-state index < -0.39 is 11.7 Å². The van der Waals surface area contributed by atoms with Gasteiger partial charge >= 0.3 is 6.18 Å². The lowest BCUT2D eigenvalue weighted by Crippen LogP contribution is -2.04. The molecule has 0 aliphatic rings. The zero-order chi connectivity index (χ0) is 13.9. The average Bonchev–Trinajstić information content (AvgIpc) is 2.36. The molecule has 0 aliphatic heterocycles. The Morgan fingerprint density at radius 1 is 1.11 bits per heavy atom. The third-order valence-electron chi connectivity index (χ3n) is 2.43. The van der Waals surface area contributed by atoms with Crippen LogP contribution < -0.4 is 10.5 Å². The molecule has 2 rings (SSSR count). The maximum atomic E-state index is 12.4. The SMILES string of the molecule is Nc1cc(COc2ccc(C(F)(F)F)cc2)ccn1. The minimum absolute atomic E-state index is 0.220. The van der Waals surface area contributed by atoms with Crippen molar-refractivity contribution >= 4 is 5.82 Å². The summed E-state index contributed by atoms with van der Waals surface area (Å²) in [6.45, 7) is 0.220. The lowest BCUT2D eigenvalue weighted by molar-refractivity contribution is -0.137. The zero-order valence-electron chi connectivity index (χ0n) is 9.82. The Bertz CT molecular complexity index is 553. The van der Waals surface area contributed by atoms with E-state index in [1.54, 1.807) is 18.3 Å². The van der Waals surface area contributed by atoms with E-state index in [1.165, 1.54) is 12.1 Å². The number of anilines is 1. The monoisotopic (exact) mass is 268 g/mol. The van der Waals surface area contributed by atoms with E-state index in [0.717, 1.165) is 17.7 Å². The van der Waals surface area contributed by atoms with Gasteiger partial charge in [0.2, 0.25) is 0 Å². The zero-order valence-corrected chi connectivity index (χ0v) is 9.82. The van der Waals surface area contributed by atoms with Crippen LogP contribution in [-0.4, -0.2) is 4.98 Å². The van der Waals surface area contributed by atoms with E-state index in [2.05, 4.69) is 4.98 Å². The van der Waals surface area contributed by atoms with Gasteiger partial charge in [-0.25, -0.2) is 4.98 Å². The first-order chi connectivity index (χ1) is 8.95. The molecule has 0 spiro atoms. The summed E-state index contributed by atoms with van der Waals surface area (Å²) in [6, 6.07) is 7.90. The van der Waals surface area contributed by atoms with Gasteiger partial charge < -0.3 is 10.5 Å². The first kappa shape index (κ1) is 13.2. The van der Waals surface area contributed by atoms with Crippen molar-refractivity contribution in [2.45, 2.75) is 12.8 Å². The largest absolute Gasteiger partial charge is 0.489 e. The van der Waals surface area contributed by atoms with Gasteiger partial charge in [-0.05, 0) is 42.0 Å². The molecule has 0 bridgehead atoms. The van der Waals surface area contributed by atoms with Crippen LogP contribution in [0.1, 0.15) is 11.1 Å². The second kappa shape index (κ2) is 5.17. The molecule has 3 nitrogen and oxygen atoms in total. The second-order valence-corrected chi connectivity index (χ2v) is 3.90. The van der Waals surface area contributed by atoms with E-state index in [1.807, 2.05) is 0 Å². The van der Waals surface area contributed by atoms with Crippen LogP contribution in [0.15, 0.2) is 42.6 Å². The van der Waals surface area contributed by atoms with Gasteiger partial charge in [0.25, 0.3) is 0 Å². The van der Waals surface area contributed by atoms with Gasteiger partial charge in [-0.3, -0.25) is 0 Å². The summed E-state index contributed by atoms with van der Waals surface area (Å²) in [5.41, 5.74) is 5.60. The van der Waals surface area contributed by atoms with Gasteiger partial charge in [0.05, 0.1) is 5.56 Å². The maximum absolute atomic E-state index is 12.4. The Balaban J connectivity index is 2.01. The Morgan fingerprint density at radius 2 is 1.79 bits per heavy atom. The molecule has 0 radical (unpaired) electrons. The fourth-order valence-corrected chi connectivity index (χ4v) is 1.49. The molecule has 0 saturated carbocycles. The first-order valence-electron chi connectivity index (χ1n) is 5.45. The fourth-order valence-electron chi connectivity index (χ4n) is 1.49. The number of pyridine rings is 1. The number of halogens is 3. The van der Waals surface area contributed by atoms with Gasteiger partial charge in [0.1, 0.15) is 18.2 Å². The Hall–Kier alpha value is -2.24. The van der Waals surface area contributed by atoms with Crippen molar-refractivity contribution in [1.82, 2.24) is 4.98 Å². The molecule has 0 fully saturated rings. The number of ether oxygens (including phenoxy) is 1. The Labute approximate surface area is 107 Å². The van der Waals surface area contributed by atoms with E-state index in [4.69, 9.17) is 10.5 Å². The van der Waals surface area contributed by atoms with Crippen molar-refractivity contribution in [3.05, 3.63) is 53.7 Å². The highest BCUT2D eigenvalue weighted by Crippen LogP contribution is 2.30. The summed E-state index contributed by atoms with van der Waals surface area (Å²) in [7, 11) is 0. The van der Waals surface area contributed by atoms with Gasteiger partial charge in [0, 0.05) is 6.20 Å². The van der Waals surface area contributed by atoms with Crippen LogP contribution in [0.3, 0.4) is 0 Å². The topological polar surface area (TPSA) is 48.1 Å². The molecule has 6 heteroatoms. The molecule has 0 unspecified atom stereocenters. The number of hydrogen-bond acceptors (Lipinski definition) is 3. The third kappa shape index (κ3) is 3.61. The van der Waals surface area contributed by atoms with E-state index in [-0.39, 0.29) is 6.61 Å². The summed E-state index contributed by atoms with van der Waals surface area (Å²) in [5, 5.41) is 0. The lowest BCUT2D eigenvalue weighted by Gasteiger charge is -2.09. The number of aromatic nitrogens is 1. The maximum Gasteiger partial charge on any atom is 0.416 e. The first-order valence-corrected chi connectivity index (χ1v) is 5.45. The van der Waals surface area contributed by atoms with Gasteiger partial charge in [-0.2, -0.15) is 13.2 Å². The van der Waals surface area contributed by atoms with Crippen LogP contribution in [0.5, 0.6) is 5.75 Å². The number of nitrogens with zero attached hydrogens (tertiary/aromatic N) is 1. The molecular weight excluding hydrogens is 257 g/mol. The number of rotatable bonds is 3. The number of nitrogens with two attached hydrogens (primary N) is 1. The minimum Gasteiger partial charge on any atom is -0.489 e. The van der Waals surface area contributed by atoms with E-state index in [0.29, 0.717) is 11.6 Å². The van der Waals surface area contributed by atoms with Crippen LogP contribution >= 0.6 is 0 Å². The van der Waals surface area contributed by atoms with Gasteiger partial charge in [-0.1, -0.05) is 0 Å². The quantitative estimate of drug-likeness (QED) is 0.929. The van der Waals surface area contributed by atoms with Crippen LogP contribution in [0.25, 0.3) is 0 Å². The second-order valence-electron chi connectivity index (χ2n) is 3.90. The number of nitrogen functional groups attached to an aromatic ring is 1. The summed E-state index contributed by atoms with van der Waals surface area (Å²) < 4.78 is 42.4. The van der Waals surface area contributed by atoms with Crippen LogP contribution in [0.2, 0.25) is 0 Å². The van der Waals surface area contributed by atoms with Crippen molar-refractivity contribution in [1.29, 1.82) is 0 Å². The molecule has 2 N–H and O–H groups in total. The predicted molar refractivity (Wildman–Crippen MR) is 64.4 cm³/mol.